The molecular weight excluding hydrogens is 215 g/mol. The van der Waals surface area contributed by atoms with E-state index in [0.29, 0.717) is 6.54 Å². The lowest BCUT2D eigenvalue weighted by Gasteiger charge is -2.21. The first-order valence-electron chi connectivity index (χ1n) is 4.84. The molecule has 0 fully saturated rings. The molecule has 84 valence electrons. The molecule has 1 nitrogen and oxygen atoms in total. The van der Waals surface area contributed by atoms with E-state index < -0.39 is 11.7 Å². The van der Waals surface area contributed by atoms with E-state index in [1.54, 1.807) is 0 Å². The first-order valence-corrected chi connectivity index (χ1v) is 4.84. The van der Waals surface area contributed by atoms with Crippen molar-refractivity contribution in [3.63, 3.8) is 0 Å². The van der Waals surface area contributed by atoms with Crippen LogP contribution in [0.4, 0.5) is 18.9 Å². The fraction of sp³-hybridized carbons (Fsp3) is 0.167. The average molecular weight is 225 g/mol. The second-order valence-electron chi connectivity index (χ2n) is 3.47. The van der Waals surface area contributed by atoms with E-state index in [0.717, 1.165) is 17.8 Å². The Morgan fingerprint density at radius 1 is 1.00 bits per heavy atom. The lowest BCUT2D eigenvalue weighted by atomic mass is 10.2. The van der Waals surface area contributed by atoms with Crippen molar-refractivity contribution in [2.75, 3.05) is 11.4 Å². The lowest BCUT2D eigenvalue weighted by Crippen LogP contribution is -2.17. The fourth-order valence-corrected chi connectivity index (χ4v) is 1.50. The molecule has 0 aliphatic carbocycles. The first kappa shape index (κ1) is 10.8. The van der Waals surface area contributed by atoms with Gasteiger partial charge in [-0.3, -0.25) is 0 Å². The van der Waals surface area contributed by atoms with Crippen LogP contribution in [0.1, 0.15) is 5.56 Å². The Balaban J connectivity index is 2.19. The van der Waals surface area contributed by atoms with Gasteiger partial charge in [-0.25, -0.2) is 0 Å². The predicted molar refractivity (Wildman–Crippen MR) is 57.1 cm³/mol. The van der Waals surface area contributed by atoms with Crippen molar-refractivity contribution in [2.24, 2.45) is 0 Å². The van der Waals surface area contributed by atoms with Gasteiger partial charge in [-0.1, -0.05) is 12.2 Å². The van der Waals surface area contributed by atoms with Gasteiger partial charge in [0.25, 0.3) is 0 Å². The van der Waals surface area contributed by atoms with Crippen molar-refractivity contribution in [2.45, 2.75) is 6.18 Å². The molecule has 0 bridgehead atoms. The van der Waals surface area contributed by atoms with Gasteiger partial charge in [-0.2, -0.15) is 13.2 Å². The standard InChI is InChI=1S/C12H10F3N/c13-12(14,15)10-4-6-11(7-5-10)16-8-2-1-3-9-16/h1-8H,9H2. The Morgan fingerprint density at radius 2 is 1.69 bits per heavy atom. The molecule has 0 saturated carbocycles. The van der Waals surface area contributed by atoms with Crippen molar-refractivity contribution in [1.29, 1.82) is 0 Å². The quantitative estimate of drug-likeness (QED) is 0.705. The average Bonchev–Trinajstić information content (AvgIpc) is 2.29. The molecule has 0 aromatic heterocycles. The Hall–Kier alpha value is -1.71. The molecule has 16 heavy (non-hydrogen) atoms. The molecule has 0 atom stereocenters. The number of benzene rings is 1. The van der Waals surface area contributed by atoms with Crippen LogP contribution in [0.5, 0.6) is 0 Å². The number of allylic oxidation sites excluding steroid dienone is 2. The molecule has 0 spiro atoms. The zero-order valence-electron chi connectivity index (χ0n) is 8.41. The minimum atomic E-state index is -4.27. The molecule has 2 rings (SSSR count). The van der Waals surface area contributed by atoms with Crippen LogP contribution in [0.15, 0.2) is 48.7 Å². The smallest absolute Gasteiger partial charge is 0.344 e. The lowest BCUT2D eigenvalue weighted by molar-refractivity contribution is -0.137. The third-order valence-electron chi connectivity index (χ3n) is 2.34. The summed E-state index contributed by atoms with van der Waals surface area (Å²) in [6.07, 6.45) is 3.26. The van der Waals surface area contributed by atoms with Crippen molar-refractivity contribution in [1.82, 2.24) is 0 Å². The van der Waals surface area contributed by atoms with Gasteiger partial charge in [0.1, 0.15) is 0 Å². The summed E-state index contributed by atoms with van der Waals surface area (Å²) in [5, 5.41) is 0. The molecule has 0 amide bonds. The van der Waals surface area contributed by atoms with Crippen LogP contribution < -0.4 is 4.90 Å². The van der Waals surface area contributed by atoms with E-state index in [1.165, 1.54) is 12.1 Å². The minimum Gasteiger partial charge on any atom is -0.344 e. The summed E-state index contributed by atoms with van der Waals surface area (Å²) >= 11 is 0. The molecule has 1 heterocycles. The zero-order valence-corrected chi connectivity index (χ0v) is 8.41. The summed E-state index contributed by atoms with van der Waals surface area (Å²) in [7, 11) is 0. The van der Waals surface area contributed by atoms with Crippen LogP contribution in [-0.2, 0) is 6.18 Å². The van der Waals surface area contributed by atoms with E-state index in [-0.39, 0.29) is 0 Å². The Bertz CT molecular complexity index is 415. The maximum Gasteiger partial charge on any atom is 0.416 e. The Kier molecular flexibility index (Phi) is 2.73. The van der Waals surface area contributed by atoms with Gasteiger partial charge in [-0.05, 0) is 30.3 Å². The monoisotopic (exact) mass is 225 g/mol. The summed E-state index contributed by atoms with van der Waals surface area (Å²) in [5.41, 5.74) is 0.140. The van der Waals surface area contributed by atoms with Gasteiger partial charge in [-0.15, -0.1) is 0 Å². The number of rotatable bonds is 1. The SMILES string of the molecule is FC(F)(F)c1ccc(N2C=CC=CC2)cc1. The maximum atomic E-state index is 12.3. The largest absolute Gasteiger partial charge is 0.416 e. The second-order valence-corrected chi connectivity index (χ2v) is 3.47. The molecule has 1 aliphatic rings. The van der Waals surface area contributed by atoms with Crippen LogP contribution in [-0.4, -0.2) is 6.54 Å². The molecule has 0 saturated heterocycles. The first-order chi connectivity index (χ1) is 7.57. The van der Waals surface area contributed by atoms with Crippen LogP contribution in [0, 0.1) is 0 Å². The molecular formula is C12H10F3N. The number of hydrogen-bond donors (Lipinski definition) is 0. The van der Waals surface area contributed by atoms with E-state index in [4.69, 9.17) is 0 Å². The van der Waals surface area contributed by atoms with Crippen molar-refractivity contribution in [3.05, 3.63) is 54.3 Å². The summed E-state index contributed by atoms with van der Waals surface area (Å²) in [4.78, 5) is 1.88. The van der Waals surface area contributed by atoms with Gasteiger partial charge in [0.05, 0.1) is 5.56 Å². The van der Waals surface area contributed by atoms with Crippen molar-refractivity contribution >= 4 is 5.69 Å². The highest BCUT2D eigenvalue weighted by molar-refractivity contribution is 5.52. The topological polar surface area (TPSA) is 3.24 Å². The third kappa shape index (κ3) is 2.27. The predicted octanol–water partition coefficient (Wildman–Crippen LogP) is 3.60. The third-order valence-corrected chi connectivity index (χ3v) is 2.34. The number of anilines is 1. The number of nitrogens with zero attached hydrogens (tertiary/aromatic N) is 1. The molecule has 0 N–H and O–H groups in total. The van der Waals surface area contributed by atoms with Gasteiger partial charge in [0.2, 0.25) is 0 Å². The minimum absolute atomic E-state index is 0.618. The van der Waals surface area contributed by atoms with E-state index in [2.05, 4.69) is 0 Å². The number of alkyl halides is 3. The van der Waals surface area contributed by atoms with Crippen LogP contribution in [0.2, 0.25) is 0 Å². The highest BCUT2D eigenvalue weighted by Crippen LogP contribution is 2.30. The molecule has 0 unspecified atom stereocenters. The van der Waals surface area contributed by atoms with Gasteiger partial charge in [0.15, 0.2) is 0 Å². The normalized spacial score (nSPS) is 15.6. The fourth-order valence-electron chi connectivity index (χ4n) is 1.50. The molecule has 1 aromatic carbocycles. The summed E-state index contributed by atoms with van der Waals surface area (Å²) in [5.74, 6) is 0. The molecule has 1 aliphatic heterocycles. The molecule has 0 radical (unpaired) electrons. The van der Waals surface area contributed by atoms with Crippen LogP contribution >= 0.6 is 0 Å². The molecule has 4 heteroatoms. The highest BCUT2D eigenvalue weighted by Gasteiger charge is 2.30. The Labute approximate surface area is 91.5 Å². The van der Waals surface area contributed by atoms with Crippen LogP contribution in [0.25, 0.3) is 0 Å². The number of halogens is 3. The van der Waals surface area contributed by atoms with Gasteiger partial charge in [0, 0.05) is 18.4 Å². The summed E-state index contributed by atoms with van der Waals surface area (Å²) in [6, 6.07) is 5.15. The van der Waals surface area contributed by atoms with E-state index >= 15 is 0 Å². The molecule has 1 aromatic rings. The van der Waals surface area contributed by atoms with Crippen LogP contribution in [0.3, 0.4) is 0 Å². The zero-order chi connectivity index (χ0) is 11.6. The van der Waals surface area contributed by atoms with Crippen molar-refractivity contribution < 1.29 is 13.2 Å². The number of hydrogen-bond acceptors (Lipinski definition) is 1. The van der Waals surface area contributed by atoms with Gasteiger partial charge >= 0.3 is 6.18 Å². The van der Waals surface area contributed by atoms with E-state index in [1.807, 2.05) is 29.3 Å². The summed E-state index contributed by atoms with van der Waals surface area (Å²) < 4.78 is 37.0. The maximum absolute atomic E-state index is 12.3. The second kappa shape index (κ2) is 4.04. The highest BCUT2D eigenvalue weighted by atomic mass is 19.4. The van der Waals surface area contributed by atoms with Gasteiger partial charge < -0.3 is 4.90 Å². The summed E-state index contributed by atoms with van der Waals surface area (Å²) in [6.45, 7) is 0.682. The van der Waals surface area contributed by atoms with Crippen molar-refractivity contribution in [3.8, 4) is 0 Å². The van der Waals surface area contributed by atoms with E-state index in [9.17, 15) is 13.2 Å². The Morgan fingerprint density at radius 3 is 2.19 bits per heavy atom.